The molecule has 1 atom stereocenters. The van der Waals surface area contributed by atoms with Gasteiger partial charge in [0.15, 0.2) is 5.82 Å². The zero-order valence-electron chi connectivity index (χ0n) is 15.8. The average molecular weight is 408 g/mol. The van der Waals surface area contributed by atoms with Crippen molar-refractivity contribution >= 4 is 34.7 Å². The predicted octanol–water partition coefficient (Wildman–Crippen LogP) is 3.33. The smallest absolute Gasteiger partial charge is 0.246 e. The van der Waals surface area contributed by atoms with Crippen LogP contribution in [0.5, 0.6) is 0 Å². The number of rotatable bonds is 6. The summed E-state index contributed by atoms with van der Waals surface area (Å²) in [5.74, 6) is 0.976. The Morgan fingerprint density at radius 3 is 3.14 bits per heavy atom. The largest absolute Gasteiger partial charge is 0.348 e. The van der Waals surface area contributed by atoms with Crippen molar-refractivity contribution in [1.29, 1.82) is 0 Å². The Labute approximate surface area is 172 Å². The fourth-order valence-corrected chi connectivity index (χ4v) is 3.91. The number of hydrogen-bond donors (Lipinski definition) is 2. The fourth-order valence-electron chi connectivity index (χ4n) is 3.28. The first kappa shape index (κ1) is 19.0. The van der Waals surface area contributed by atoms with Gasteiger partial charge in [0.2, 0.25) is 11.9 Å². The van der Waals surface area contributed by atoms with E-state index in [9.17, 15) is 4.79 Å². The minimum absolute atomic E-state index is 0.0499. The topological polar surface area (TPSA) is 95.9 Å². The maximum Gasteiger partial charge on any atom is 0.246 e. The second-order valence-electron chi connectivity index (χ2n) is 6.68. The Morgan fingerprint density at radius 2 is 2.31 bits per heavy atom. The van der Waals surface area contributed by atoms with Crippen LogP contribution in [0.3, 0.4) is 0 Å². The highest BCUT2D eigenvalue weighted by atomic mass is 32.1. The van der Waals surface area contributed by atoms with Gasteiger partial charge in [-0.05, 0) is 31.1 Å². The number of carbonyl (C=O) groups is 1. The number of aromatic nitrogens is 4. The van der Waals surface area contributed by atoms with E-state index in [2.05, 4.69) is 37.4 Å². The van der Waals surface area contributed by atoms with Crippen LogP contribution in [0.4, 0.5) is 17.5 Å². The number of nitrogens with zero attached hydrogens (tertiary/aromatic N) is 5. The minimum Gasteiger partial charge on any atom is -0.348 e. The van der Waals surface area contributed by atoms with Gasteiger partial charge in [-0.1, -0.05) is 18.7 Å². The molecule has 0 saturated carbocycles. The molecule has 1 unspecified atom stereocenters. The molecule has 1 saturated heterocycles. The van der Waals surface area contributed by atoms with Crippen molar-refractivity contribution in [3.63, 3.8) is 0 Å². The monoisotopic (exact) mass is 407 g/mol. The Balaban J connectivity index is 1.43. The van der Waals surface area contributed by atoms with E-state index in [1.165, 1.54) is 6.08 Å². The SMILES string of the molecule is C=CC(=O)N1CCCC(Nc2nncc(Nc3cccc(-c4nccs4)c3)n2)C1. The highest BCUT2D eigenvalue weighted by molar-refractivity contribution is 7.13. The molecule has 1 aromatic carbocycles. The molecule has 9 heteroatoms. The Kier molecular flexibility index (Phi) is 5.76. The summed E-state index contributed by atoms with van der Waals surface area (Å²) in [6, 6.07) is 8.06. The van der Waals surface area contributed by atoms with E-state index in [4.69, 9.17) is 0 Å². The molecule has 0 bridgehead atoms. The van der Waals surface area contributed by atoms with Crippen LogP contribution >= 0.6 is 11.3 Å². The summed E-state index contributed by atoms with van der Waals surface area (Å²) in [7, 11) is 0. The van der Waals surface area contributed by atoms with Crippen LogP contribution in [-0.2, 0) is 4.79 Å². The van der Waals surface area contributed by atoms with E-state index in [-0.39, 0.29) is 11.9 Å². The number of carbonyl (C=O) groups excluding carboxylic acids is 1. The lowest BCUT2D eigenvalue weighted by Gasteiger charge is -2.32. The highest BCUT2D eigenvalue weighted by Crippen LogP contribution is 2.25. The molecule has 29 heavy (non-hydrogen) atoms. The number of thiazole rings is 1. The lowest BCUT2D eigenvalue weighted by molar-refractivity contribution is -0.127. The molecule has 0 spiro atoms. The van der Waals surface area contributed by atoms with Gasteiger partial charge >= 0.3 is 0 Å². The second kappa shape index (κ2) is 8.78. The maximum absolute atomic E-state index is 11.9. The fraction of sp³-hybridized carbons (Fsp3) is 0.250. The Morgan fingerprint density at radius 1 is 1.38 bits per heavy atom. The van der Waals surface area contributed by atoms with Crippen molar-refractivity contribution in [2.75, 3.05) is 23.7 Å². The summed E-state index contributed by atoms with van der Waals surface area (Å²) < 4.78 is 0. The van der Waals surface area contributed by atoms with Crippen molar-refractivity contribution in [1.82, 2.24) is 25.1 Å². The van der Waals surface area contributed by atoms with Crippen LogP contribution in [-0.4, -0.2) is 50.1 Å². The van der Waals surface area contributed by atoms with Gasteiger partial charge in [0.05, 0.1) is 6.20 Å². The first-order chi connectivity index (χ1) is 14.2. The predicted molar refractivity (Wildman–Crippen MR) is 114 cm³/mol. The molecular formula is C20H21N7OS. The van der Waals surface area contributed by atoms with Gasteiger partial charge in [0, 0.05) is 42.0 Å². The lowest BCUT2D eigenvalue weighted by Crippen LogP contribution is -2.44. The van der Waals surface area contributed by atoms with Crippen molar-refractivity contribution < 1.29 is 4.79 Å². The molecule has 0 aliphatic carbocycles. The molecule has 2 aromatic heterocycles. The summed E-state index contributed by atoms with van der Waals surface area (Å²) in [4.78, 5) is 22.5. The van der Waals surface area contributed by atoms with E-state index in [0.717, 1.165) is 35.6 Å². The van der Waals surface area contributed by atoms with Gasteiger partial charge in [0.1, 0.15) is 5.01 Å². The number of likely N-dealkylation sites (tertiary alicyclic amines) is 1. The summed E-state index contributed by atoms with van der Waals surface area (Å²) >= 11 is 1.60. The first-order valence-electron chi connectivity index (χ1n) is 9.36. The quantitative estimate of drug-likeness (QED) is 0.605. The average Bonchev–Trinajstić information content (AvgIpc) is 3.29. The minimum atomic E-state index is -0.0499. The molecular weight excluding hydrogens is 386 g/mol. The van der Waals surface area contributed by atoms with Gasteiger partial charge in [-0.15, -0.1) is 16.4 Å². The van der Waals surface area contributed by atoms with Crippen molar-refractivity contribution in [3.05, 3.63) is 54.7 Å². The standard InChI is InChI=1S/C20H21N7OS/c1-2-18(28)27-9-4-7-16(13-27)24-20-25-17(12-22-26-20)23-15-6-3-5-14(11-15)19-21-8-10-29-19/h2-3,5-6,8,10-12,16H,1,4,7,9,13H2,(H2,23,24,25,26). The third kappa shape index (κ3) is 4.75. The molecule has 8 nitrogen and oxygen atoms in total. The number of anilines is 3. The molecule has 2 N–H and O–H groups in total. The number of piperidine rings is 1. The summed E-state index contributed by atoms with van der Waals surface area (Å²) in [5, 5.41) is 17.6. The van der Waals surface area contributed by atoms with Crippen LogP contribution < -0.4 is 10.6 Å². The van der Waals surface area contributed by atoms with E-state index < -0.39 is 0 Å². The normalized spacial score (nSPS) is 16.3. The molecule has 1 fully saturated rings. The molecule has 4 rings (SSSR count). The number of hydrogen-bond acceptors (Lipinski definition) is 8. The van der Waals surface area contributed by atoms with Crippen LogP contribution in [0.2, 0.25) is 0 Å². The summed E-state index contributed by atoms with van der Waals surface area (Å²) in [6.07, 6.45) is 6.59. The van der Waals surface area contributed by atoms with Gasteiger partial charge in [-0.2, -0.15) is 10.1 Å². The van der Waals surface area contributed by atoms with Crippen molar-refractivity contribution in [3.8, 4) is 10.6 Å². The number of amides is 1. The van der Waals surface area contributed by atoms with Gasteiger partial charge < -0.3 is 15.5 Å². The first-order valence-corrected chi connectivity index (χ1v) is 10.2. The van der Waals surface area contributed by atoms with Crippen molar-refractivity contribution in [2.45, 2.75) is 18.9 Å². The third-order valence-electron chi connectivity index (χ3n) is 4.61. The van der Waals surface area contributed by atoms with Gasteiger partial charge in [-0.3, -0.25) is 4.79 Å². The molecule has 3 heterocycles. The number of benzene rings is 1. The molecule has 1 aliphatic rings. The highest BCUT2D eigenvalue weighted by Gasteiger charge is 2.22. The zero-order chi connectivity index (χ0) is 20.1. The lowest BCUT2D eigenvalue weighted by atomic mass is 10.1. The molecule has 1 aliphatic heterocycles. The van der Waals surface area contributed by atoms with E-state index in [1.54, 1.807) is 28.6 Å². The molecule has 3 aromatic rings. The summed E-state index contributed by atoms with van der Waals surface area (Å²) in [6.45, 7) is 4.91. The summed E-state index contributed by atoms with van der Waals surface area (Å²) in [5.41, 5.74) is 1.93. The second-order valence-corrected chi connectivity index (χ2v) is 7.57. The van der Waals surface area contributed by atoms with E-state index in [1.807, 2.05) is 29.6 Å². The van der Waals surface area contributed by atoms with Crippen molar-refractivity contribution in [2.24, 2.45) is 0 Å². The zero-order valence-corrected chi connectivity index (χ0v) is 16.6. The van der Waals surface area contributed by atoms with Crippen LogP contribution in [0.1, 0.15) is 12.8 Å². The van der Waals surface area contributed by atoms with Crippen LogP contribution in [0.15, 0.2) is 54.7 Å². The van der Waals surface area contributed by atoms with Gasteiger partial charge in [-0.25, -0.2) is 4.98 Å². The van der Waals surface area contributed by atoms with Crippen LogP contribution in [0.25, 0.3) is 10.6 Å². The molecule has 1 amide bonds. The molecule has 148 valence electrons. The number of nitrogens with one attached hydrogen (secondary N) is 2. The molecule has 0 radical (unpaired) electrons. The maximum atomic E-state index is 11.9. The van der Waals surface area contributed by atoms with E-state index >= 15 is 0 Å². The van der Waals surface area contributed by atoms with E-state index in [0.29, 0.717) is 18.3 Å². The van der Waals surface area contributed by atoms with Crippen LogP contribution in [0, 0.1) is 0 Å². The Bertz CT molecular complexity index is 992. The third-order valence-corrected chi connectivity index (χ3v) is 5.44. The Hall–Kier alpha value is -3.33. The van der Waals surface area contributed by atoms with Gasteiger partial charge in [0.25, 0.3) is 0 Å².